The van der Waals surface area contributed by atoms with Gasteiger partial charge in [-0.05, 0) is 24.3 Å². The third-order valence-corrected chi connectivity index (χ3v) is 3.47. The Bertz CT molecular complexity index is 1050. The van der Waals surface area contributed by atoms with Gasteiger partial charge in [-0.1, -0.05) is 24.3 Å². The van der Waals surface area contributed by atoms with Crippen LogP contribution in [-0.4, -0.2) is 18.1 Å². The first-order chi connectivity index (χ1) is 10.8. The number of aromatic hydroxyl groups is 1. The average molecular weight is 334 g/mol. The van der Waals surface area contributed by atoms with Crippen molar-refractivity contribution in [3.63, 3.8) is 0 Å². The Kier molecular flexibility index (Phi) is 3.55. The van der Waals surface area contributed by atoms with Crippen LogP contribution >= 0.6 is 0 Å². The summed E-state index contributed by atoms with van der Waals surface area (Å²) in [7, 11) is -4.68. The lowest BCUT2D eigenvalue weighted by Crippen LogP contribution is -2.06. The molecule has 0 radical (unpaired) electrons. The number of fused-ring (bicyclic) bond motifs is 1. The van der Waals surface area contributed by atoms with Crippen molar-refractivity contribution in [1.82, 2.24) is 0 Å². The van der Waals surface area contributed by atoms with Crippen LogP contribution in [-0.2, 0) is 10.4 Å². The van der Waals surface area contributed by atoms with Crippen molar-refractivity contribution in [2.24, 2.45) is 0 Å². The van der Waals surface area contributed by atoms with Crippen molar-refractivity contribution < 1.29 is 26.7 Å². The van der Waals surface area contributed by atoms with Gasteiger partial charge in [-0.15, -0.1) is 0 Å². The molecular formula is C15H10O7S. The standard InChI is InChI=1S/C15H10O7S/c16-13-11-6-1-2-7-12(11)21-15(14(13)17)9-4-3-5-10(8-9)22-23(18,19)20/h1-8,17H,(H,18,19,20). The molecule has 0 aliphatic carbocycles. The molecule has 0 unspecified atom stereocenters. The maximum Gasteiger partial charge on any atom is 0.446 e. The molecule has 0 fully saturated rings. The van der Waals surface area contributed by atoms with E-state index < -0.39 is 21.6 Å². The Balaban J connectivity index is 2.19. The molecule has 3 rings (SSSR count). The lowest BCUT2D eigenvalue weighted by Gasteiger charge is -2.07. The summed E-state index contributed by atoms with van der Waals surface area (Å²) < 4.78 is 40.1. The minimum absolute atomic E-state index is 0.130. The van der Waals surface area contributed by atoms with Crippen molar-refractivity contribution in [3.05, 3.63) is 58.8 Å². The first-order valence-electron chi connectivity index (χ1n) is 6.37. The number of hydrogen-bond donors (Lipinski definition) is 2. The smallest absolute Gasteiger partial charge is 0.446 e. The van der Waals surface area contributed by atoms with E-state index in [1.807, 2.05) is 0 Å². The predicted octanol–water partition coefficient (Wildman–Crippen LogP) is 2.35. The predicted molar refractivity (Wildman–Crippen MR) is 81.8 cm³/mol. The Morgan fingerprint density at radius 1 is 1.04 bits per heavy atom. The van der Waals surface area contributed by atoms with E-state index in [2.05, 4.69) is 4.18 Å². The van der Waals surface area contributed by atoms with E-state index in [9.17, 15) is 18.3 Å². The zero-order valence-corrected chi connectivity index (χ0v) is 12.3. The number of rotatable bonds is 3. The van der Waals surface area contributed by atoms with E-state index in [-0.39, 0.29) is 28.0 Å². The second kappa shape index (κ2) is 5.41. The molecule has 118 valence electrons. The normalized spacial score (nSPS) is 11.5. The summed E-state index contributed by atoms with van der Waals surface area (Å²) >= 11 is 0. The molecule has 1 heterocycles. The fourth-order valence-electron chi connectivity index (χ4n) is 2.14. The van der Waals surface area contributed by atoms with Crippen LogP contribution < -0.4 is 9.61 Å². The summed E-state index contributed by atoms with van der Waals surface area (Å²) in [5, 5.41) is 10.3. The fraction of sp³-hybridized carbons (Fsp3) is 0. The third-order valence-electron chi connectivity index (χ3n) is 3.07. The van der Waals surface area contributed by atoms with E-state index in [0.717, 1.165) is 0 Å². The van der Waals surface area contributed by atoms with Gasteiger partial charge < -0.3 is 13.7 Å². The van der Waals surface area contributed by atoms with Crippen molar-refractivity contribution in [3.8, 4) is 22.8 Å². The molecule has 8 heteroatoms. The summed E-state index contributed by atoms with van der Waals surface area (Å²) in [5.41, 5.74) is -0.124. The summed E-state index contributed by atoms with van der Waals surface area (Å²) in [6, 6.07) is 11.8. The molecule has 0 saturated heterocycles. The van der Waals surface area contributed by atoms with Crippen LogP contribution in [0.25, 0.3) is 22.3 Å². The minimum Gasteiger partial charge on any atom is -0.502 e. The van der Waals surface area contributed by atoms with Gasteiger partial charge >= 0.3 is 10.4 Å². The SMILES string of the molecule is O=c1c(O)c(-c2cccc(OS(=O)(=O)O)c2)oc2ccccc12. The van der Waals surface area contributed by atoms with Gasteiger partial charge in [0.25, 0.3) is 0 Å². The molecular weight excluding hydrogens is 324 g/mol. The molecule has 0 bridgehead atoms. The van der Waals surface area contributed by atoms with Gasteiger partial charge in [-0.25, -0.2) is 0 Å². The topological polar surface area (TPSA) is 114 Å². The lowest BCUT2D eigenvalue weighted by molar-refractivity contribution is 0.387. The molecule has 23 heavy (non-hydrogen) atoms. The molecule has 0 spiro atoms. The van der Waals surface area contributed by atoms with Crippen molar-refractivity contribution in [2.45, 2.75) is 0 Å². The number of hydrogen-bond acceptors (Lipinski definition) is 6. The van der Waals surface area contributed by atoms with E-state index in [0.29, 0.717) is 0 Å². The van der Waals surface area contributed by atoms with Crippen molar-refractivity contribution in [2.75, 3.05) is 0 Å². The highest BCUT2D eigenvalue weighted by Gasteiger charge is 2.16. The highest BCUT2D eigenvalue weighted by Crippen LogP contribution is 2.32. The first-order valence-corrected chi connectivity index (χ1v) is 7.74. The summed E-state index contributed by atoms with van der Waals surface area (Å²) in [5.74, 6) is -0.928. The first kappa shape index (κ1) is 15.1. The quantitative estimate of drug-likeness (QED) is 0.707. The van der Waals surface area contributed by atoms with E-state index in [4.69, 9.17) is 8.97 Å². The van der Waals surface area contributed by atoms with Crippen LogP contribution in [0, 0.1) is 0 Å². The zero-order chi connectivity index (χ0) is 16.6. The second-order valence-corrected chi connectivity index (χ2v) is 5.67. The molecule has 1 aromatic heterocycles. The molecule has 0 amide bonds. The highest BCUT2D eigenvalue weighted by molar-refractivity contribution is 7.81. The number of para-hydroxylation sites is 1. The maximum atomic E-state index is 12.2. The van der Waals surface area contributed by atoms with Crippen LogP contribution in [0.4, 0.5) is 0 Å². The van der Waals surface area contributed by atoms with Gasteiger partial charge in [0.15, 0.2) is 5.76 Å². The minimum atomic E-state index is -4.68. The molecule has 2 N–H and O–H groups in total. The van der Waals surface area contributed by atoms with Gasteiger partial charge in [0.05, 0.1) is 5.39 Å². The van der Waals surface area contributed by atoms with E-state index in [1.54, 1.807) is 18.2 Å². The average Bonchev–Trinajstić information content (AvgIpc) is 2.49. The third kappa shape index (κ3) is 3.03. The summed E-state index contributed by atoms with van der Waals surface area (Å²) in [6.07, 6.45) is 0. The summed E-state index contributed by atoms with van der Waals surface area (Å²) in [4.78, 5) is 12.2. The van der Waals surface area contributed by atoms with Gasteiger partial charge in [-0.3, -0.25) is 9.35 Å². The van der Waals surface area contributed by atoms with Crippen molar-refractivity contribution in [1.29, 1.82) is 0 Å². The lowest BCUT2D eigenvalue weighted by atomic mass is 10.1. The second-order valence-electron chi connectivity index (χ2n) is 4.64. The van der Waals surface area contributed by atoms with Gasteiger partial charge in [0.2, 0.25) is 11.2 Å². The molecule has 3 aromatic rings. The Labute approximate surface area is 130 Å². The Morgan fingerprint density at radius 3 is 2.52 bits per heavy atom. The fourth-order valence-corrected chi connectivity index (χ4v) is 2.49. The van der Waals surface area contributed by atoms with Gasteiger partial charge in [0.1, 0.15) is 11.3 Å². The van der Waals surface area contributed by atoms with Gasteiger partial charge in [0, 0.05) is 5.56 Å². The molecule has 0 aliphatic rings. The molecule has 7 nitrogen and oxygen atoms in total. The van der Waals surface area contributed by atoms with Crippen molar-refractivity contribution >= 4 is 21.4 Å². The van der Waals surface area contributed by atoms with Crippen LogP contribution in [0.2, 0.25) is 0 Å². The van der Waals surface area contributed by atoms with Crippen LogP contribution in [0.3, 0.4) is 0 Å². The van der Waals surface area contributed by atoms with E-state index >= 15 is 0 Å². The maximum absolute atomic E-state index is 12.2. The number of benzene rings is 2. The largest absolute Gasteiger partial charge is 0.502 e. The van der Waals surface area contributed by atoms with Crippen LogP contribution in [0.1, 0.15) is 0 Å². The molecule has 0 saturated carbocycles. The highest BCUT2D eigenvalue weighted by atomic mass is 32.3. The van der Waals surface area contributed by atoms with Crippen LogP contribution in [0.15, 0.2) is 57.7 Å². The zero-order valence-electron chi connectivity index (χ0n) is 11.5. The Morgan fingerprint density at radius 2 is 1.78 bits per heavy atom. The molecule has 2 aromatic carbocycles. The Hall–Kier alpha value is -2.84. The van der Waals surface area contributed by atoms with Gasteiger partial charge in [-0.2, -0.15) is 8.42 Å². The summed E-state index contributed by atoms with van der Waals surface area (Å²) in [6.45, 7) is 0. The van der Waals surface area contributed by atoms with Crippen LogP contribution in [0.5, 0.6) is 11.5 Å². The monoisotopic (exact) mass is 334 g/mol. The molecule has 0 aliphatic heterocycles. The molecule has 0 atom stereocenters. The van der Waals surface area contributed by atoms with E-state index in [1.165, 1.54) is 30.3 Å².